The zero-order valence-corrected chi connectivity index (χ0v) is 14.3. The van der Waals surface area contributed by atoms with Gasteiger partial charge in [0.2, 0.25) is 5.91 Å². The minimum Gasteiger partial charge on any atom is -0.353 e. The standard InChI is InChI=1S/C18H23N3OS/c1-13-16(11-14-7-3-2-4-8-14)21-18(19-13)23-12-17(22)20-15-9-5-6-10-15/h2-4,7-8,15H,5-6,9-12H2,1H3,(H,19,21)(H,20,22). The van der Waals surface area contributed by atoms with Gasteiger partial charge >= 0.3 is 0 Å². The number of aryl methyl sites for hydroxylation is 1. The normalized spacial score (nSPS) is 15.0. The van der Waals surface area contributed by atoms with Crippen LogP contribution >= 0.6 is 11.8 Å². The van der Waals surface area contributed by atoms with Gasteiger partial charge in [0, 0.05) is 18.2 Å². The molecule has 0 aliphatic heterocycles. The summed E-state index contributed by atoms with van der Waals surface area (Å²) in [6.45, 7) is 2.04. The summed E-state index contributed by atoms with van der Waals surface area (Å²) in [5.74, 6) is 0.536. The fourth-order valence-electron chi connectivity index (χ4n) is 2.97. The van der Waals surface area contributed by atoms with Crippen molar-refractivity contribution in [1.29, 1.82) is 0 Å². The molecule has 2 N–H and O–H groups in total. The largest absolute Gasteiger partial charge is 0.353 e. The van der Waals surface area contributed by atoms with E-state index in [2.05, 4.69) is 27.4 Å². The second kappa shape index (κ2) is 7.68. The second-order valence-electron chi connectivity index (χ2n) is 6.11. The molecule has 4 nitrogen and oxygen atoms in total. The summed E-state index contributed by atoms with van der Waals surface area (Å²) < 4.78 is 0. The summed E-state index contributed by atoms with van der Waals surface area (Å²) in [5, 5.41) is 3.94. The lowest BCUT2D eigenvalue weighted by molar-refractivity contribution is -0.119. The van der Waals surface area contributed by atoms with E-state index < -0.39 is 0 Å². The van der Waals surface area contributed by atoms with Gasteiger partial charge in [-0.2, -0.15) is 0 Å². The number of nitrogens with zero attached hydrogens (tertiary/aromatic N) is 1. The highest BCUT2D eigenvalue weighted by Gasteiger charge is 2.17. The Bertz CT molecular complexity index is 648. The molecule has 1 heterocycles. The number of amides is 1. The van der Waals surface area contributed by atoms with Crippen molar-refractivity contribution >= 4 is 17.7 Å². The third kappa shape index (κ3) is 4.61. The fourth-order valence-corrected chi connectivity index (χ4v) is 3.72. The molecule has 0 bridgehead atoms. The summed E-state index contributed by atoms with van der Waals surface area (Å²) in [4.78, 5) is 19.9. The van der Waals surface area contributed by atoms with Crippen LogP contribution < -0.4 is 5.32 Å². The maximum atomic E-state index is 12.0. The molecule has 3 rings (SSSR count). The van der Waals surface area contributed by atoms with E-state index in [4.69, 9.17) is 0 Å². The van der Waals surface area contributed by atoms with E-state index in [1.165, 1.54) is 30.2 Å². The molecule has 0 spiro atoms. The number of hydrogen-bond acceptors (Lipinski definition) is 3. The van der Waals surface area contributed by atoms with E-state index in [9.17, 15) is 4.79 Å². The zero-order valence-electron chi connectivity index (χ0n) is 13.5. The van der Waals surface area contributed by atoms with E-state index in [-0.39, 0.29) is 5.91 Å². The molecule has 1 saturated carbocycles. The molecule has 122 valence electrons. The van der Waals surface area contributed by atoms with Gasteiger partial charge in [0.25, 0.3) is 0 Å². The third-order valence-electron chi connectivity index (χ3n) is 4.24. The fraction of sp³-hybridized carbons (Fsp3) is 0.444. The SMILES string of the molecule is Cc1[nH]c(SCC(=O)NC2CCCC2)nc1Cc1ccccc1. The lowest BCUT2D eigenvalue weighted by Crippen LogP contribution is -2.33. The van der Waals surface area contributed by atoms with Gasteiger partial charge in [-0.3, -0.25) is 4.79 Å². The minimum absolute atomic E-state index is 0.112. The van der Waals surface area contributed by atoms with Gasteiger partial charge in [-0.1, -0.05) is 54.9 Å². The number of H-pyrrole nitrogens is 1. The van der Waals surface area contributed by atoms with Crippen molar-refractivity contribution in [2.24, 2.45) is 0 Å². The average molecular weight is 329 g/mol. The van der Waals surface area contributed by atoms with Crippen molar-refractivity contribution in [1.82, 2.24) is 15.3 Å². The van der Waals surface area contributed by atoms with E-state index in [1.807, 2.05) is 25.1 Å². The third-order valence-corrected chi connectivity index (χ3v) is 5.11. The van der Waals surface area contributed by atoms with Crippen LogP contribution in [-0.4, -0.2) is 27.7 Å². The molecule has 1 aromatic heterocycles. The summed E-state index contributed by atoms with van der Waals surface area (Å²) in [7, 11) is 0. The van der Waals surface area contributed by atoms with Crippen LogP contribution in [0.15, 0.2) is 35.5 Å². The van der Waals surface area contributed by atoms with Crippen LogP contribution in [0.25, 0.3) is 0 Å². The Morgan fingerprint density at radius 1 is 1.30 bits per heavy atom. The highest BCUT2D eigenvalue weighted by molar-refractivity contribution is 7.99. The van der Waals surface area contributed by atoms with Crippen molar-refractivity contribution in [3.63, 3.8) is 0 Å². The van der Waals surface area contributed by atoms with Crippen molar-refractivity contribution in [2.75, 3.05) is 5.75 Å². The van der Waals surface area contributed by atoms with Gasteiger partial charge in [-0.15, -0.1) is 0 Å². The quantitative estimate of drug-likeness (QED) is 0.798. The molecule has 1 aliphatic rings. The maximum Gasteiger partial charge on any atom is 0.230 e. The zero-order chi connectivity index (χ0) is 16.1. The van der Waals surface area contributed by atoms with Crippen molar-refractivity contribution in [3.05, 3.63) is 47.3 Å². The Balaban J connectivity index is 1.52. The number of benzene rings is 1. The first-order valence-electron chi connectivity index (χ1n) is 8.22. The molecule has 0 unspecified atom stereocenters. The number of rotatable bonds is 6. The molecular weight excluding hydrogens is 306 g/mol. The van der Waals surface area contributed by atoms with Gasteiger partial charge in [0.1, 0.15) is 0 Å². The maximum absolute atomic E-state index is 12.0. The number of aromatic amines is 1. The Morgan fingerprint density at radius 3 is 2.78 bits per heavy atom. The topological polar surface area (TPSA) is 57.8 Å². The van der Waals surface area contributed by atoms with Crippen LogP contribution in [0.4, 0.5) is 0 Å². The van der Waals surface area contributed by atoms with Crippen LogP contribution in [0.2, 0.25) is 0 Å². The molecule has 1 aliphatic carbocycles. The molecule has 1 aromatic carbocycles. The van der Waals surface area contributed by atoms with Gasteiger partial charge in [-0.05, 0) is 25.3 Å². The number of nitrogens with one attached hydrogen (secondary N) is 2. The van der Waals surface area contributed by atoms with Crippen LogP contribution in [0.1, 0.15) is 42.6 Å². The first-order chi connectivity index (χ1) is 11.2. The highest BCUT2D eigenvalue weighted by atomic mass is 32.2. The van der Waals surface area contributed by atoms with Crippen LogP contribution in [0, 0.1) is 6.92 Å². The Kier molecular flexibility index (Phi) is 5.39. The molecule has 0 atom stereocenters. The molecule has 1 fully saturated rings. The van der Waals surface area contributed by atoms with Gasteiger partial charge < -0.3 is 10.3 Å². The van der Waals surface area contributed by atoms with Crippen molar-refractivity contribution in [2.45, 2.75) is 50.2 Å². The second-order valence-corrected chi connectivity index (χ2v) is 7.08. The van der Waals surface area contributed by atoms with Gasteiger partial charge in [-0.25, -0.2) is 4.98 Å². The van der Waals surface area contributed by atoms with Crippen molar-refractivity contribution in [3.8, 4) is 0 Å². The average Bonchev–Trinajstić information content (AvgIpc) is 3.17. The first kappa shape index (κ1) is 16.1. The van der Waals surface area contributed by atoms with Gasteiger partial charge in [0.15, 0.2) is 5.16 Å². The highest BCUT2D eigenvalue weighted by Crippen LogP contribution is 2.20. The smallest absolute Gasteiger partial charge is 0.230 e. The van der Waals surface area contributed by atoms with Gasteiger partial charge in [0.05, 0.1) is 11.4 Å². The first-order valence-corrected chi connectivity index (χ1v) is 9.21. The lowest BCUT2D eigenvalue weighted by Gasteiger charge is -2.10. The lowest BCUT2D eigenvalue weighted by atomic mass is 10.1. The van der Waals surface area contributed by atoms with E-state index in [1.54, 1.807) is 0 Å². The van der Waals surface area contributed by atoms with Crippen LogP contribution in [0.3, 0.4) is 0 Å². The van der Waals surface area contributed by atoms with Crippen molar-refractivity contribution < 1.29 is 4.79 Å². The van der Waals surface area contributed by atoms with E-state index in [0.717, 1.165) is 35.8 Å². The molecular formula is C18H23N3OS. The molecule has 0 radical (unpaired) electrons. The Hall–Kier alpha value is -1.75. The molecule has 0 saturated heterocycles. The molecule has 5 heteroatoms. The Labute approximate surface area is 141 Å². The monoisotopic (exact) mass is 329 g/mol. The minimum atomic E-state index is 0.112. The number of carbonyl (C=O) groups excluding carboxylic acids is 1. The summed E-state index contributed by atoms with van der Waals surface area (Å²) in [6, 6.07) is 10.7. The summed E-state index contributed by atoms with van der Waals surface area (Å²) >= 11 is 1.48. The van der Waals surface area contributed by atoms with Crippen LogP contribution in [0.5, 0.6) is 0 Å². The summed E-state index contributed by atoms with van der Waals surface area (Å²) in [6.07, 6.45) is 5.53. The van der Waals surface area contributed by atoms with Crippen LogP contribution in [-0.2, 0) is 11.2 Å². The number of hydrogen-bond donors (Lipinski definition) is 2. The molecule has 2 aromatic rings. The molecule has 1 amide bonds. The number of thioether (sulfide) groups is 1. The summed E-state index contributed by atoms with van der Waals surface area (Å²) in [5.41, 5.74) is 3.38. The predicted molar refractivity (Wildman–Crippen MR) is 93.7 cm³/mol. The number of aromatic nitrogens is 2. The number of carbonyl (C=O) groups is 1. The molecule has 23 heavy (non-hydrogen) atoms. The number of imidazole rings is 1. The van der Waals surface area contributed by atoms with E-state index >= 15 is 0 Å². The van der Waals surface area contributed by atoms with E-state index in [0.29, 0.717) is 11.8 Å². The predicted octanol–water partition coefficient (Wildman–Crippen LogP) is 3.46. The Morgan fingerprint density at radius 2 is 2.04 bits per heavy atom.